The maximum atomic E-state index is 12.3. The fourth-order valence-corrected chi connectivity index (χ4v) is 4.02. The molecule has 5 rings (SSSR count). The summed E-state index contributed by atoms with van der Waals surface area (Å²) < 4.78 is 8.85. The maximum Gasteiger partial charge on any atom is 0.410 e. The highest BCUT2D eigenvalue weighted by molar-refractivity contribution is 5.79. The van der Waals surface area contributed by atoms with E-state index in [2.05, 4.69) is 50.6 Å². The number of nitrogens with one attached hydrogen (secondary N) is 1. The van der Waals surface area contributed by atoms with Gasteiger partial charge < -0.3 is 15.0 Å². The molecule has 1 saturated heterocycles. The highest BCUT2D eigenvalue weighted by Gasteiger charge is 2.35. The molecule has 12 nitrogen and oxygen atoms in total. The molecule has 0 bridgehead atoms. The van der Waals surface area contributed by atoms with Crippen LogP contribution in [-0.4, -0.2) is 70.5 Å². The van der Waals surface area contributed by atoms with Crippen LogP contribution in [0.3, 0.4) is 0 Å². The quantitative estimate of drug-likeness (QED) is 0.435. The number of nitriles is 1. The van der Waals surface area contributed by atoms with Gasteiger partial charge in [0.15, 0.2) is 11.5 Å². The molecule has 1 aliphatic rings. The van der Waals surface area contributed by atoms with E-state index >= 15 is 0 Å². The van der Waals surface area contributed by atoms with Crippen molar-refractivity contribution in [2.75, 3.05) is 18.4 Å². The van der Waals surface area contributed by atoms with Gasteiger partial charge in [0.25, 0.3) is 0 Å². The van der Waals surface area contributed by atoms with E-state index < -0.39 is 5.60 Å². The van der Waals surface area contributed by atoms with Crippen LogP contribution in [0.1, 0.15) is 46.2 Å². The van der Waals surface area contributed by atoms with Crippen LogP contribution < -0.4 is 5.32 Å². The normalized spacial score (nSPS) is 14.0. The van der Waals surface area contributed by atoms with E-state index in [-0.39, 0.29) is 18.2 Å². The second-order valence-corrected chi connectivity index (χ2v) is 10.3. The summed E-state index contributed by atoms with van der Waals surface area (Å²) >= 11 is 0. The van der Waals surface area contributed by atoms with E-state index in [1.807, 2.05) is 33.0 Å². The van der Waals surface area contributed by atoms with Crippen molar-refractivity contribution in [3.63, 3.8) is 0 Å². The van der Waals surface area contributed by atoms with Crippen molar-refractivity contribution in [1.82, 2.24) is 39.6 Å². The van der Waals surface area contributed by atoms with Gasteiger partial charge in [0.2, 0.25) is 0 Å². The average Bonchev–Trinajstić information content (AvgIpc) is 3.43. The molecule has 0 spiro atoms. The van der Waals surface area contributed by atoms with Crippen LogP contribution in [0.2, 0.25) is 0 Å². The summed E-state index contributed by atoms with van der Waals surface area (Å²) in [5, 5.41) is 26.5. The Hall–Kier alpha value is -4.53. The Bertz CT molecular complexity index is 1500. The van der Waals surface area contributed by atoms with Gasteiger partial charge in [0, 0.05) is 54.2 Å². The molecule has 1 aliphatic heterocycles. The first-order chi connectivity index (χ1) is 17.6. The zero-order valence-corrected chi connectivity index (χ0v) is 21.4. The van der Waals surface area contributed by atoms with Gasteiger partial charge in [0.1, 0.15) is 17.4 Å². The second-order valence-electron chi connectivity index (χ2n) is 10.3. The average molecular weight is 501 g/mol. The van der Waals surface area contributed by atoms with Gasteiger partial charge in [-0.15, -0.1) is 5.10 Å². The number of nitrogens with zero attached hydrogens (tertiary/aromatic N) is 9. The molecule has 0 aromatic carbocycles. The van der Waals surface area contributed by atoms with Gasteiger partial charge in [0.05, 0.1) is 24.0 Å². The van der Waals surface area contributed by atoms with Gasteiger partial charge >= 0.3 is 6.09 Å². The zero-order chi connectivity index (χ0) is 26.3. The number of carbonyl (C=O) groups excluding carboxylic acids is 1. The molecule has 37 heavy (non-hydrogen) atoms. The SMILES string of the molecule is CC(C)Nc1cc(-n2ncc3cc(C#N)cnc32)ncc1-c1cn(C2CN(C(=O)OC(C)(C)C)C2)nn1. The molecule has 0 radical (unpaired) electrons. The third-order valence-corrected chi connectivity index (χ3v) is 5.76. The summed E-state index contributed by atoms with van der Waals surface area (Å²) in [6, 6.07) is 5.92. The zero-order valence-electron chi connectivity index (χ0n) is 21.4. The molecular formula is C25H28N10O2. The lowest BCUT2D eigenvalue weighted by Crippen LogP contribution is -2.52. The first kappa shape index (κ1) is 24.2. The molecule has 5 heterocycles. The minimum Gasteiger partial charge on any atom is -0.444 e. The number of carbonyl (C=O) groups is 1. The Morgan fingerprint density at radius 2 is 1.97 bits per heavy atom. The smallest absolute Gasteiger partial charge is 0.410 e. The third kappa shape index (κ3) is 4.93. The Labute approximate surface area is 213 Å². The van der Waals surface area contributed by atoms with Crippen molar-refractivity contribution >= 4 is 22.8 Å². The minimum atomic E-state index is -0.528. The number of aromatic nitrogens is 7. The van der Waals surface area contributed by atoms with Crippen LogP contribution in [0.15, 0.2) is 36.9 Å². The number of pyridine rings is 2. The van der Waals surface area contributed by atoms with E-state index in [0.717, 1.165) is 16.6 Å². The lowest BCUT2D eigenvalue weighted by Gasteiger charge is -2.39. The summed E-state index contributed by atoms with van der Waals surface area (Å²) in [4.78, 5) is 22.9. The number of ether oxygens (including phenoxy) is 1. The number of likely N-dealkylation sites (tertiary alicyclic amines) is 1. The lowest BCUT2D eigenvalue weighted by molar-refractivity contribution is -0.000612. The molecule has 4 aromatic rings. The van der Waals surface area contributed by atoms with Crippen molar-refractivity contribution in [2.45, 2.75) is 52.3 Å². The second kappa shape index (κ2) is 9.16. The Kier molecular flexibility index (Phi) is 5.99. The molecule has 4 aromatic heterocycles. The third-order valence-electron chi connectivity index (χ3n) is 5.76. The molecule has 1 N–H and O–H groups in total. The van der Waals surface area contributed by atoms with Crippen molar-refractivity contribution in [1.29, 1.82) is 5.26 Å². The van der Waals surface area contributed by atoms with Gasteiger partial charge in [-0.05, 0) is 40.7 Å². The standard InChI is InChI=1S/C25H28N10O2/c1-15(2)30-20-7-22(35-23-17(10-29-35)6-16(8-26)9-28-23)27-11-19(20)21-14-34(32-31-21)18-12-33(13-18)24(36)37-25(3,4)5/h6-7,9-11,14-15,18H,12-13H2,1-5H3,(H,27,30). The van der Waals surface area contributed by atoms with E-state index in [0.29, 0.717) is 35.8 Å². The highest BCUT2D eigenvalue weighted by Crippen LogP contribution is 2.30. The lowest BCUT2D eigenvalue weighted by atomic mass is 10.1. The van der Waals surface area contributed by atoms with Gasteiger partial charge in [-0.1, -0.05) is 5.21 Å². The van der Waals surface area contributed by atoms with Crippen LogP contribution in [0.4, 0.5) is 10.5 Å². The largest absolute Gasteiger partial charge is 0.444 e. The van der Waals surface area contributed by atoms with Crippen LogP contribution >= 0.6 is 0 Å². The number of rotatable bonds is 5. The molecule has 0 saturated carbocycles. The van der Waals surface area contributed by atoms with Gasteiger partial charge in [-0.25, -0.2) is 19.4 Å². The molecule has 0 aliphatic carbocycles. The van der Waals surface area contributed by atoms with Crippen molar-refractivity contribution in [3.05, 3.63) is 42.5 Å². The van der Waals surface area contributed by atoms with Crippen LogP contribution in [0, 0.1) is 11.3 Å². The van der Waals surface area contributed by atoms with Crippen LogP contribution in [-0.2, 0) is 4.74 Å². The molecule has 1 amide bonds. The van der Waals surface area contributed by atoms with E-state index in [1.165, 1.54) is 6.20 Å². The number of fused-ring (bicyclic) bond motifs is 1. The highest BCUT2D eigenvalue weighted by atomic mass is 16.6. The summed E-state index contributed by atoms with van der Waals surface area (Å²) in [5.74, 6) is 0.582. The maximum absolute atomic E-state index is 12.3. The fraction of sp³-hybridized carbons (Fsp3) is 0.400. The molecule has 1 fully saturated rings. The monoisotopic (exact) mass is 500 g/mol. The predicted molar refractivity (Wildman–Crippen MR) is 136 cm³/mol. The van der Waals surface area contributed by atoms with Crippen LogP contribution in [0.25, 0.3) is 28.1 Å². The van der Waals surface area contributed by atoms with Crippen molar-refractivity contribution < 1.29 is 9.53 Å². The summed E-state index contributed by atoms with van der Waals surface area (Å²) in [6.07, 6.45) is 6.47. The van der Waals surface area contributed by atoms with E-state index in [1.54, 1.807) is 32.7 Å². The topological polar surface area (TPSA) is 140 Å². The van der Waals surface area contributed by atoms with Crippen molar-refractivity contribution in [2.24, 2.45) is 0 Å². The first-order valence-corrected chi connectivity index (χ1v) is 12.0. The molecule has 12 heteroatoms. The summed E-state index contributed by atoms with van der Waals surface area (Å²) in [7, 11) is 0. The predicted octanol–water partition coefficient (Wildman–Crippen LogP) is 3.56. The molecule has 190 valence electrons. The first-order valence-electron chi connectivity index (χ1n) is 12.0. The summed E-state index contributed by atoms with van der Waals surface area (Å²) in [6.45, 7) is 10.7. The minimum absolute atomic E-state index is 0.0299. The Balaban J connectivity index is 1.39. The fourth-order valence-electron chi connectivity index (χ4n) is 4.02. The molecule has 0 unspecified atom stereocenters. The van der Waals surface area contributed by atoms with Crippen LogP contribution in [0.5, 0.6) is 0 Å². The number of anilines is 1. The Morgan fingerprint density at radius 1 is 1.19 bits per heavy atom. The van der Waals surface area contributed by atoms with E-state index in [9.17, 15) is 4.79 Å². The van der Waals surface area contributed by atoms with Crippen molar-refractivity contribution in [3.8, 4) is 23.1 Å². The molecule has 0 atom stereocenters. The number of hydrogen-bond acceptors (Lipinski definition) is 9. The number of amides is 1. The van der Waals surface area contributed by atoms with Gasteiger partial charge in [-0.3, -0.25) is 0 Å². The molecular weight excluding hydrogens is 472 g/mol. The van der Waals surface area contributed by atoms with Gasteiger partial charge in [-0.2, -0.15) is 15.0 Å². The summed E-state index contributed by atoms with van der Waals surface area (Å²) in [5.41, 5.74) is 2.85. The van der Waals surface area contributed by atoms with E-state index in [4.69, 9.17) is 10.00 Å². The Morgan fingerprint density at radius 3 is 2.68 bits per heavy atom. The number of hydrogen-bond donors (Lipinski definition) is 1.